The number of hydrogen-bond donors (Lipinski definition) is 1. The highest BCUT2D eigenvalue weighted by Gasteiger charge is 2.50. The third-order valence-corrected chi connectivity index (χ3v) is 10.1. The van der Waals surface area contributed by atoms with Gasteiger partial charge in [0.25, 0.3) is 0 Å². The molecule has 8 heteroatoms. The molecule has 0 bridgehead atoms. The highest BCUT2D eigenvalue weighted by molar-refractivity contribution is 6.03. The molecule has 1 N–H and O–H groups in total. The fourth-order valence-electron chi connectivity index (χ4n) is 7.80. The summed E-state index contributed by atoms with van der Waals surface area (Å²) in [5.41, 5.74) is 6.84. The van der Waals surface area contributed by atoms with Crippen LogP contribution in [0, 0.1) is 0 Å². The molecule has 3 aromatic rings. The summed E-state index contributed by atoms with van der Waals surface area (Å²) in [6.07, 6.45) is 15.7. The smallest absolute Gasteiger partial charge is 0.410 e. The van der Waals surface area contributed by atoms with E-state index in [0.29, 0.717) is 24.3 Å². The van der Waals surface area contributed by atoms with Crippen molar-refractivity contribution in [3.05, 3.63) is 60.4 Å². The van der Waals surface area contributed by atoms with E-state index in [1.165, 1.54) is 56.9 Å². The molecule has 43 heavy (non-hydrogen) atoms. The number of pyridine rings is 1. The normalized spacial score (nSPS) is 24.3. The van der Waals surface area contributed by atoms with E-state index in [0.717, 1.165) is 41.5 Å². The first-order valence-electron chi connectivity index (χ1n) is 16.2. The van der Waals surface area contributed by atoms with Crippen molar-refractivity contribution in [2.45, 2.75) is 102 Å². The topological polar surface area (TPSA) is 78.0 Å². The van der Waals surface area contributed by atoms with Gasteiger partial charge >= 0.3 is 6.09 Å². The molecule has 0 radical (unpaired) electrons. The fraction of sp³-hybridized carbons (Fsp3) is 0.514. The molecular formula is C35H43N5O3. The van der Waals surface area contributed by atoms with Crippen LogP contribution in [-0.4, -0.2) is 52.7 Å². The average Bonchev–Trinajstić information content (AvgIpc) is 3.77. The maximum Gasteiger partial charge on any atom is 0.419 e. The molecule has 2 atom stereocenters. The summed E-state index contributed by atoms with van der Waals surface area (Å²) >= 11 is 0. The summed E-state index contributed by atoms with van der Waals surface area (Å²) in [6.45, 7) is 4.94. The van der Waals surface area contributed by atoms with Crippen LogP contribution in [0.3, 0.4) is 0 Å². The Morgan fingerprint density at radius 2 is 1.67 bits per heavy atom. The first-order valence-corrected chi connectivity index (χ1v) is 16.2. The molecule has 226 valence electrons. The predicted octanol–water partition coefficient (Wildman–Crippen LogP) is 6.93. The number of carbonyl (C=O) groups is 2. The van der Waals surface area contributed by atoms with Crippen molar-refractivity contribution in [2.24, 2.45) is 0 Å². The number of nitrogens with zero attached hydrogens (tertiary/aromatic N) is 4. The second-order valence-electron chi connectivity index (χ2n) is 13.2. The van der Waals surface area contributed by atoms with Gasteiger partial charge in [-0.05, 0) is 73.9 Å². The second kappa shape index (κ2) is 11.5. The van der Waals surface area contributed by atoms with Gasteiger partial charge in [-0.1, -0.05) is 50.7 Å². The highest BCUT2D eigenvalue weighted by Crippen LogP contribution is 2.47. The number of rotatable bonds is 3. The molecule has 1 saturated heterocycles. The van der Waals surface area contributed by atoms with E-state index in [2.05, 4.69) is 33.6 Å². The zero-order chi connectivity index (χ0) is 29.6. The standard InChI is InChI=1S/C35H43N5O3/c1-24-22-38(34(42)43-30-13-9-26-15-18-36-21-28(26)19-30)33-20-27(10-14-32(33)40(24)25(2)41)31-23-39(29-11-12-29)37-35(31)16-7-5-3-4-6-8-17-35/h9-10,13-15,18-21,24,29,31,37H,3-8,11-12,16-17,22-23H2,1-2H3/t24-,31?/m0/s1. The molecule has 1 aromatic heterocycles. The van der Waals surface area contributed by atoms with Crippen LogP contribution >= 0.6 is 0 Å². The Hall–Kier alpha value is -3.49. The van der Waals surface area contributed by atoms with E-state index in [1.807, 2.05) is 36.1 Å². The summed E-state index contributed by atoms with van der Waals surface area (Å²) < 4.78 is 5.97. The summed E-state index contributed by atoms with van der Waals surface area (Å²) in [6, 6.07) is 14.5. The minimum Gasteiger partial charge on any atom is -0.410 e. The average molecular weight is 582 g/mol. The lowest BCUT2D eigenvalue weighted by atomic mass is 9.74. The van der Waals surface area contributed by atoms with Gasteiger partial charge in [-0.3, -0.25) is 14.7 Å². The fourth-order valence-corrected chi connectivity index (χ4v) is 7.80. The minimum absolute atomic E-state index is 0.0215. The number of fused-ring (bicyclic) bond motifs is 2. The molecule has 1 spiro atoms. The number of nitrogens with one attached hydrogen (secondary N) is 1. The number of hydrazine groups is 1. The molecule has 8 nitrogen and oxygen atoms in total. The van der Waals surface area contributed by atoms with E-state index >= 15 is 0 Å². The summed E-state index contributed by atoms with van der Waals surface area (Å²) in [5.74, 6) is 0.772. The number of benzene rings is 2. The van der Waals surface area contributed by atoms with Crippen LogP contribution < -0.4 is 20.0 Å². The van der Waals surface area contributed by atoms with Gasteiger partial charge in [0.05, 0.1) is 17.4 Å². The van der Waals surface area contributed by atoms with Crippen LogP contribution in [0.25, 0.3) is 10.8 Å². The predicted molar refractivity (Wildman–Crippen MR) is 169 cm³/mol. The van der Waals surface area contributed by atoms with Gasteiger partial charge in [0.2, 0.25) is 5.91 Å². The number of carbonyl (C=O) groups excluding carboxylic acids is 2. The molecule has 1 unspecified atom stereocenters. The molecule has 3 heterocycles. The number of amides is 2. The lowest BCUT2D eigenvalue weighted by molar-refractivity contribution is -0.117. The third-order valence-electron chi connectivity index (χ3n) is 10.1. The van der Waals surface area contributed by atoms with Crippen molar-refractivity contribution >= 4 is 34.1 Å². The Bertz CT molecular complexity index is 1510. The third kappa shape index (κ3) is 5.51. The molecule has 2 aliphatic heterocycles. The first kappa shape index (κ1) is 28.3. The van der Waals surface area contributed by atoms with Crippen molar-refractivity contribution in [3.63, 3.8) is 0 Å². The Labute approximate surface area is 254 Å². The lowest BCUT2D eigenvalue weighted by Crippen LogP contribution is -2.52. The summed E-state index contributed by atoms with van der Waals surface area (Å²) in [5, 5.41) is 4.48. The number of aromatic nitrogens is 1. The Balaban J connectivity index is 1.24. The number of anilines is 2. The maximum absolute atomic E-state index is 13.9. The quantitative estimate of drug-likeness (QED) is 0.361. The van der Waals surface area contributed by atoms with E-state index in [1.54, 1.807) is 24.2 Å². The van der Waals surface area contributed by atoms with Crippen LogP contribution in [-0.2, 0) is 4.79 Å². The lowest BCUT2D eigenvalue weighted by Gasteiger charge is -2.41. The maximum atomic E-state index is 13.9. The zero-order valence-electron chi connectivity index (χ0n) is 25.4. The molecule has 2 amide bonds. The minimum atomic E-state index is -0.432. The van der Waals surface area contributed by atoms with Crippen molar-refractivity contribution in [1.29, 1.82) is 0 Å². The van der Waals surface area contributed by atoms with Crippen LogP contribution in [0.1, 0.15) is 89.5 Å². The number of ether oxygens (including phenoxy) is 1. The zero-order valence-corrected chi connectivity index (χ0v) is 25.4. The Morgan fingerprint density at radius 1 is 0.907 bits per heavy atom. The molecule has 2 saturated carbocycles. The SMILES string of the molecule is CC(=O)N1c2ccc(C3CN(C4CC4)NC34CCCCCCCC4)cc2N(C(=O)Oc2ccc3ccncc3c2)C[C@@H]1C. The van der Waals surface area contributed by atoms with E-state index in [-0.39, 0.29) is 17.5 Å². The Kier molecular flexibility index (Phi) is 7.60. The molecule has 2 aliphatic carbocycles. The highest BCUT2D eigenvalue weighted by atomic mass is 16.6. The van der Waals surface area contributed by atoms with Gasteiger partial charge in [-0.15, -0.1) is 0 Å². The summed E-state index contributed by atoms with van der Waals surface area (Å²) in [7, 11) is 0. The van der Waals surface area contributed by atoms with Crippen LogP contribution in [0.5, 0.6) is 5.75 Å². The van der Waals surface area contributed by atoms with Gasteiger partial charge in [0, 0.05) is 55.3 Å². The molecule has 2 aromatic carbocycles. The van der Waals surface area contributed by atoms with Gasteiger partial charge < -0.3 is 9.64 Å². The Morgan fingerprint density at radius 3 is 2.42 bits per heavy atom. The number of hydrogen-bond acceptors (Lipinski definition) is 6. The van der Waals surface area contributed by atoms with Gasteiger partial charge in [-0.25, -0.2) is 15.2 Å². The molecule has 4 aliphatic rings. The van der Waals surface area contributed by atoms with Gasteiger partial charge in [-0.2, -0.15) is 0 Å². The van der Waals surface area contributed by atoms with Crippen molar-refractivity contribution < 1.29 is 14.3 Å². The van der Waals surface area contributed by atoms with Gasteiger partial charge in [0.15, 0.2) is 0 Å². The van der Waals surface area contributed by atoms with E-state index in [4.69, 9.17) is 4.74 Å². The van der Waals surface area contributed by atoms with Crippen molar-refractivity contribution in [3.8, 4) is 5.75 Å². The monoisotopic (exact) mass is 581 g/mol. The molecule has 7 rings (SSSR count). The molecule has 3 fully saturated rings. The van der Waals surface area contributed by atoms with E-state index in [9.17, 15) is 9.59 Å². The first-order chi connectivity index (χ1) is 20.9. The van der Waals surface area contributed by atoms with Crippen LogP contribution in [0.15, 0.2) is 54.9 Å². The van der Waals surface area contributed by atoms with Crippen molar-refractivity contribution in [2.75, 3.05) is 22.9 Å². The van der Waals surface area contributed by atoms with E-state index < -0.39 is 6.09 Å². The van der Waals surface area contributed by atoms with Crippen LogP contribution in [0.4, 0.5) is 16.2 Å². The summed E-state index contributed by atoms with van der Waals surface area (Å²) in [4.78, 5) is 34.5. The van der Waals surface area contributed by atoms with Gasteiger partial charge in [0.1, 0.15) is 5.75 Å². The van der Waals surface area contributed by atoms with Crippen molar-refractivity contribution in [1.82, 2.24) is 15.4 Å². The molecular weight excluding hydrogens is 538 g/mol. The largest absolute Gasteiger partial charge is 0.419 e. The van der Waals surface area contributed by atoms with Crippen LogP contribution in [0.2, 0.25) is 0 Å². The second-order valence-corrected chi connectivity index (χ2v) is 13.2.